The molecule has 4 N–H and O–H groups in total. The monoisotopic (exact) mass is 662 g/mol. The second-order valence-corrected chi connectivity index (χ2v) is 14.9. The fraction of sp³-hybridized carbons (Fsp3) is 0.170. The first-order chi connectivity index (χ1) is 24.5. The van der Waals surface area contributed by atoms with Crippen molar-refractivity contribution in [2.75, 3.05) is 5.73 Å². The lowest BCUT2D eigenvalue weighted by molar-refractivity contribution is 0.654. The van der Waals surface area contributed by atoms with Crippen molar-refractivity contribution in [1.29, 1.82) is 10.8 Å². The second kappa shape index (κ2) is 12.2. The minimum atomic E-state index is -0.0738. The average Bonchev–Trinajstić information content (AvgIpc) is 3.52. The molecule has 0 unspecified atom stereocenters. The zero-order valence-corrected chi connectivity index (χ0v) is 29.6. The van der Waals surface area contributed by atoms with Gasteiger partial charge in [-0.15, -0.1) is 0 Å². The number of allylic oxidation sites excluding steroid dienone is 8. The molecule has 51 heavy (non-hydrogen) atoms. The Bertz CT molecular complexity index is 2380. The van der Waals surface area contributed by atoms with Crippen LogP contribution in [0.1, 0.15) is 73.9 Å². The Hall–Kier alpha value is -5.87. The molecule has 0 amide bonds. The number of rotatable bonds is 3. The maximum Gasteiger partial charge on any atom is 0.0867 e. The number of nitrogen functional groups attached to an aromatic ring is 1. The van der Waals surface area contributed by atoms with Crippen LogP contribution in [-0.2, 0) is 10.8 Å². The van der Waals surface area contributed by atoms with Crippen LogP contribution < -0.4 is 5.73 Å². The normalized spacial score (nSPS) is 17.4. The summed E-state index contributed by atoms with van der Waals surface area (Å²) in [5, 5.41) is 17.5. The summed E-state index contributed by atoms with van der Waals surface area (Å²) in [5.41, 5.74) is 23.7. The van der Waals surface area contributed by atoms with E-state index in [1.165, 1.54) is 44.5 Å². The van der Waals surface area contributed by atoms with Gasteiger partial charge in [0, 0.05) is 34.5 Å². The van der Waals surface area contributed by atoms with Crippen LogP contribution in [0.4, 0.5) is 5.69 Å². The second-order valence-electron chi connectivity index (χ2n) is 14.9. The molecule has 1 heterocycles. The van der Waals surface area contributed by atoms with Gasteiger partial charge in [0.2, 0.25) is 0 Å². The average molecular weight is 663 g/mol. The van der Waals surface area contributed by atoms with Crippen LogP contribution in [0.25, 0.3) is 39.0 Å². The van der Waals surface area contributed by atoms with Crippen molar-refractivity contribution in [2.24, 2.45) is 0 Å². The highest BCUT2D eigenvalue weighted by Crippen LogP contribution is 2.52. The highest BCUT2D eigenvalue weighted by molar-refractivity contribution is 6.61. The molecule has 4 aliphatic carbocycles. The summed E-state index contributed by atoms with van der Waals surface area (Å²) in [6.45, 7) is 9.21. The smallest absolute Gasteiger partial charge is 0.0867 e. The lowest BCUT2D eigenvalue weighted by Gasteiger charge is -2.24. The van der Waals surface area contributed by atoms with Crippen LogP contribution in [0.2, 0.25) is 0 Å². The number of pyridine rings is 1. The number of hydrogen-bond donors (Lipinski definition) is 3. The van der Waals surface area contributed by atoms with Gasteiger partial charge < -0.3 is 5.73 Å². The van der Waals surface area contributed by atoms with Crippen LogP contribution in [0, 0.1) is 10.8 Å². The minimum absolute atomic E-state index is 0.0538. The maximum absolute atomic E-state index is 8.81. The van der Waals surface area contributed by atoms with Gasteiger partial charge in [0.25, 0.3) is 0 Å². The fourth-order valence-electron chi connectivity index (χ4n) is 8.26. The number of nitrogens with zero attached hydrogens (tertiary/aromatic N) is 1. The minimum Gasteiger partial charge on any atom is -0.399 e. The van der Waals surface area contributed by atoms with Gasteiger partial charge in [-0.1, -0.05) is 107 Å². The molecule has 250 valence electrons. The Morgan fingerprint density at radius 3 is 2.04 bits per heavy atom. The van der Waals surface area contributed by atoms with Crippen molar-refractivity contribution < 1.29 is 0 Å². The highest BCUT2D eigenvalue weighted by Gasteiger charge is 2.39. The van der Waals surface area contributed by atoms with Crippen LogP contribution >= 0.6 is 0 Å². The number of aromatic nitrogens is 1. The van der Waals surface area contributed by atoms with Crippen molar-refractivity contribution in [3.8, 4) is 22.3 Å². The molecule has 0 saturated heterocycles. The summed E-state index contributed by atoms with van der Waals surface area (Å²) in [6, 6.07) is 33.8. The third kappa shape index (κ3) is 5.43. The van der Waals surface area contributed by atoms with Gasteiger partial charge in [-0.05, 0) is 128 Å². The van der Waals surface area contributed by atoms with Gasteiger partial charge in [0.1, 0.15) is 0 Å². The number of hydrogen-bond acceptors (Lipinski definition) is 4. The summed E-state index contributed by atoms with van der Waals surface area (Å²) in [7, 11) is 0. The predicted octanol–water partition coefficient (Wildman–Crippen LogP) is 11.2. The van der Waals surface area contributed by atoms with E-state index in [4.69, 9.17) is 16.6 Å². The molecule has 0 spiro atoms. The number of anilines is 1. The van der Waals surface area contributed by atoms with E-state index >= 15 is 0 Å². The first-order valence-corrected chi connectivity index (χ1v) is 17.7. The van der Waals surface area contributed by atoms with Gasteiger partial charge in [-0.25, -0.2) is 0 Å². The Kier molecular flexibility index (Phi) is 7.72. The molecule has 1 aromatic heterocycles. The first-order valence-electron chi connectivity index (χ1n) is 17.7. The van der Waals surface area contributed by atoms with Gasteiger partial charge in [0.05, 0.1) is 11.4 Å². The molecule has 0 saturated carbocycles. The molecule has 0 radical (unpaired) electrons. The van der Waals surface area contributed by atoms with Crippen LogP contribution in [-0.4, -0.2) is 16.4 Å². The fourth-order valence-corrected chi connectivity index (χ4v) is 8.26. The summed E-state index contributed by atoms with van der Waals surface area (Å²) in [6.07, 6.45) is 14.6. The highest BCUT2D eigenvalue weighted by atomic mass is 14.6. The molecule has 4 nitrogen and oxygen atoms in total. The lowest BCUT2D eigenvalue weighted by atomic mass is 9.79. The van der Waals surface area contributed by atoms with E-state index in [1.54, 1.807) is 6.20 Å². The van der Waals surface area contributed by atoms with Crippen molar-refractivity contribution in [1.82, 2.24) is 4.98 Å². The standard InChI is InChI=1S/C36H32N2.C11H10N2/c1-35(2)29-11-7-5-9-24(29)26-15-13-21(18-31(26)35)23-17-28(34(38)33(37)20-23)22-14-16-27-25-10-6-8-12-30(25)36(3,4)32(27)19-22;12-11-5-3-9(4-6-11)10-2-1-7-13-8-10/h5,7,9-20,37-38H,6,8H2,1-4H3;1-8H,12H2. The first kappa shape index (κ1) is 32.3. The molecule has 4 aromatic carbocycles. The molecular formula is C47H42N4. The van der Waals surface area contributed by atoms with Crippen molar-refractivity contribution >= 4 is 33.8 Å². The molecule has 5 aromatic rings. The van der Waals surface area contributed by atoms with Gasteiger partial charge >= 0.3 is 0 Å². The largest absolute Gasteiger partial charge is 0.399 e. The molecule has 9 rings (SSSR count). The summed E-state index contributed by atoms with van der Waals surface area (Å²) >= 11 is 0. The van der Waals surface area contributed by atoms with Gasteiger partial charge in [-0.2, -0.15) is 0 Å². The topological polar surface area (TPSA) is 86.6 Å². The van der Waals surface area contributed by atoms with Crippen molar-refractivity contribution in [3.63, 3.8) is 0 Å². The van der Waals surface area contributed by atoms with Crippen molar-refractivity contribution in [3.05, 3.63) is 173 Å². The Labute approximate surface area is 300 Å². The van der Waals surface area contributed by atoms with E-state index in [1.807, 2.05) is 48.7 Å². The number of fused-ring (bicyclic) bond motifs is 6. The Morgan fingerprint density at radius 1 is 0.588 bits per heavy atom. The molecule has 0 fully saturated rings. The molecule has 0 bridgehead atoms. The van der Waals surface area contributed by atoms with E-state index in [-0.39, 0.29) is 22.3 Å². The van der Waals surface area contributed by atoms with Crippen LogP contribution in [0.5, 0.6) is 0 Å². The molecule has 0 aliphatic heterocycles. The molecular weight excluding hydrogens is 621 g/mol. The zero-order chi connectivity index (χ0) is 35.5. The number of benzene rings is 4. The number of nitrogens with two attached hydrogens (primary N) is 1. The van der Waals surface area contributed by atoms with Crippen LogP contribution in [0.15, 0.2) is 139 Å². The van der Waals surface area contributed by atoms with E-state index < -0.39 is 0 Å². The summed E-state index contributed by atoms with van der Waals surface area (Å²) in [4.78, 5) is 4.05. The van der Waals surface area contributed by atoms with Crippen LogP contribution in [0.3, 0.4) is 0 Å². The van der Waals surface area contributed by atoms with E-state index in [2.05, 4.69) is 112 Å². The Morgan fingerprint density at radius 2 is 1.25 bits per heavy atom. The van der Waals surface area contributed by atoms with E-state index in [0.717, 1.165) is 51.9 Å². The van der Waals surface area contributed by atoms with Gasteiger partial charge in [-0.3, -0.25) is 15.8 Å². The van der Waals surface area contributed by atoms with E-state index in [9.17, 15) is 0 Å². The lowest BCUT2D eigenvalue weighted by Crippen LogP contribution is -2.18. The summed E-state index contributed by atoms with van der Waals surface area (Å²) < 4.78 is 0. The molecule has 4 heteroatoms. The quantitative estimate of drug-likeness (QED) is 0.133. The van der Waals surface area contributed by atoms with Crippen molar-refractivity contribution in [2.45, 2.75) is 51.4 Å². The molecule has 0 atom stereocenters. The maximum atomic E-state index is 8.81. The Balaban J connectivity index is 0.000000242. The van der Waals surface area contributed by atoms with E-state index in [0.29, 0.717) is 0 Å². The third-order valence-electron chi connectivity index (χ3n) is 11.1. The summed E-state index contributed by atoms with van der Waals surface area (Å²) in [5.74, 6) is 0. The molecule has 4 aliphatic rings. The predicted molar refractivity (Wildman–Crippen MR) is 214 cm³/mol. The zero-order valence-electron chi connectivity index (χ0n) is 29.6. The SMILES string of the molecule is CC1(C)C2=CCCC=C2c2ccc(C3=CC(c4ccc5c(c4)C(C)(C)c4ccccc4-5)=CC(=N)C3=N)cc21.Nc1ccc(-c2cccnc2)cc1. The number of nitrogens with one attached hydrogen (secondary N) is 2. The van der Waals surface area contributed by atoms with Gasteiger partial charge in [0.15, 0.2) is 0 Å². The third-order valence-corrected chi connectivity index (χ3v) is 11.1.